The number of hydrogen-bond donors (Lipinski definition) is 2. The summed E-state index contributed by atoms with van der Waals surface area (Å²) in [6.07, 6.45) is -0.846. The number of esters is 2. The second-order valence-electron chi connectivity index (χ2n) is 6.02. The van der Waals surface area contributed by atoms with Crippen molar-refractivity contribution in [3.8, 4) is 0 Å². The Balaban J connectivity index is 3.68. The molecule has 0 radical (unpaired) electrons. The number of anilines is 2. The van der Waals surface area contributed by atoms with Crippen molar-refractivity contribution in [1.29, 1.82) is 0 Å². The topological polar surface area (TPSA) is 134 Å². The molecule has 0 aliphatic rings. The first kappa shape index (κ1) is 27.2. The minimum Gasteiger partial charge on any atom is -0.462 e. The highest BCUT2D eigenvalue weighted by atomic mass is 127. The van der Waals surface area contributed by atoms with Crippen molar-refractivity contribution in [2.75, 3.05) is 16.7 Å². The van der Waals surface area contributed by atoms with Crippen LogP contribution in [0.4, 0.5) is 11.4 Å². The zero-order valence-electron chi connectivity index (χ0n) is 16.4. The Kier molecular flexibility index (Phi) is 10.6. The van der Waals surface area contributed by atoms with Crippen LogP contribution < -0.4 is 10.1 Å². The highest BCUT2D eigenvalue weighted by Gasteiger charge is 2.30. The molecule has 10 nitrogen and oxygen atoms in total. The first-order valence-corrected chi connectivity index (χ1v) is 11.5. The molecule has 2 amide bonds. The summed E-state index contributed by atoms with van der Waals surface area (Å²) in [5, 5.41) is 21.4. The maximum atomic E-state index is 11.8. The fourth-order valence-corrected chi connectivity index (χ4v) is 6.88. The molecule has 13 heteroatoms. The number of carbonyl (C=O) groups excluding carboxylic acids is 4. The van der Waals surface area contributed by atoms with Gasteiger partial charge in [0.2, 0.25) is 11.8 Å². The summed E-state index contributed by atoms with van der Waals surface area (Å²) in [5.41, 5.74) is 0.590. The van der Waals surface area contributed by atoms with E-state index in [0.29, 0.717) is 22.8 Å². The Bertz CT molecular complexity index is 830. The first-order valence-electron chi connectivity index (χ1n) is 8.28. The molecular weight excluding hydrogens is 741 g/mol. The van der Waals surface area contributed by atoms with Crippen LogP contribution in [0.3, 0.4) is 0 Å². The molecule has 0 bridgehead atoms. The Morgan fingerprint density at radius 3 is 1.60 bits per heavy atom. The molecule has 166 valence electrons. The van der Waals surface area contributed by atoms with Gasteiger partial charge in [-0.05, 0) is 73.3 Å². The number of nitrogens with zero attached hydrogens (tertiary/aromatic N) is 2. The van der Waals surface area contributed by atoms with Crippen LogP contribution >= 0.6 is 67.8 Å². The van der Waals surface area contributed by atoms with Crippen molar-refractivity contribution in [3.05, 3.63) is 16.3 Å². The zero-order chi connectivity index (χ0) is 23.3. The van der Waals surface area contributed by atoms with Gasteiger partial charge in [0.25, 0.3) is 0 Å². The van der Waals surface area contributed by atoms with Gasteiger partial charge in [-0.1, -0.05) is 0 Å². The number of rotatable bonds is 7. The maximum absolute atomic E-state index is 11.8. The summed E-state index contributed by atoms with van der Waals surface area (Å²) in [4.78, 5) is 46.3. The molecule has 30 heavy (non-hydrogen) atoms. The molecule has 1 unspecified atom stereocenters. The van der Waals surface area contributed by atoms with E-state index in [0.717, 1.165) is 13.8 Å². The highest BCUT2D eigenvalue weighted by molar-refractivity contribution is 14.1. The number of hydrogen-bond acceptors (Lipinski definition) is 8. The Labute approximate surface area is 213 Å². The summed E-state index contributed by atoms with van der Waals surface area (Å²) in [7, 11) is 0. The van der Waals surface area contributed by atoms with Crippen LogP contribution in [-0.2, 0) is 35.1 Å². The van der Waals surface area contributed by atoms with E-state index in [-0.39, 0.29) is 28.0 Å². The van der Waals surface area contributed by atoms with Gasteiger partial charge in [-0.25, -0.2) is 0 Å². The Hall–Kier alpha value is -0.790. The second-order valence-corrected chi connectivity index (χ2v) is 9.25. The number of halogens is 3. The third-order valence-electron chi connectivity index (χ3n) is 3.62. The number of hydroxylamine groups is 2. The van der Waals surface area contributed by atoms with Gasteiger partial charge in [-0.15, -0.1) is 0 Å². The van der Waals surface area contributed by atoms with E-state index in [2.05, 4.69) is 0 Å². The van der Waals surface area contributed by atoms with Crippen molar-refractivity contribution in [1.82, 2.24) is 0 Å². The van der Waals surface area contributed by atoms with Crippen molar-refractivity contribution < 1.29 is 39.1 Å². The van der Waals surface area contributed by atoms with Crippen LogP contribution in [0.25, 0.3) is 0 Å². The summed E-state index contributed by atoms with van der Waals surface area (Å²) in [6.45, 7) is 4.49. The fourth-order valence-electron chi connectivity index (χ4n) is 2.36. The molecular formula is C17H19I3N2O8. The van der Waals surface area contributed by atoms with Crippen molar-refractivity contribution in [3.63, 3.8) is 0 Å². The largest absolute Gasteiger partial charge is 0.462 e. The zero-order valence-corrected chi connectivity index (χ0v) is 22.8. The van der Waals surface area contributed by atoms with E-state index in [9.17, 15) is 29.6 Å². The lowest BCUT2D eigenvalue weighted by molar-refractivity contribution is -0.156. The van der Waals surface area contributed by atoms with E-state index in [1.807, 2.05) is 67.8 Å². The smallest absolute Gasteiger partial charge is 0.303 e. The molecule has 2 N–H and O–H groups in total. The lowest BCUT2D eigenvalue weighted by Gasteiger charge is -2.27. The average Bonchev–Trinajstić information content (AvgIpc) is 2.62. The first-order chi connectivity index (χ1) is 13.8. The molecule has 0 aliphatic heterocycles. The molecule has 1 atom stereocenters. The molecule has 0 aliphatic carbocycles. The van der Waals surface area contributed by atoms with Crippen LogP contribution in [0.1, 0.15) is 33.3 Å². The van der Waals surface area contributed by atoms with Crippen LogP contribution in [0.15, 0.2) is 0 Å². The molecule has 0 fully saturated rings. The average molecular weight is 760 g/mol. The lowest BCUT2D eigenvalue weighted by atomic mass is 10.1. The fraction of sp³-hybridized carbons (Fsp3) is 0.412. The highest BCUT2D eigenvalue weighted by Crippen LogP contribution is 2.42. The summed E-state index contributed by atoms with van der Waals surface area (Å²) >= 11 is 5.63. The summed E-state index contributed by atoms with van der Waals surface area (Å²) in [5.74, 6) is -2.53. The van der Waals surface area contributed by atoms with E-state index in [4.69, 9.17) is 9.47 Å². The van der Waals surface area contributed by atoms with Gasteiger partial charge in [0.15, 0.2) is 0 Å². The van der Waals surface area contributed by atoms with Crippen LogP contribution in [0.2, 0.25) is 0 Å². The third kappa shape index (κ3) is 6.86. The molecule has 0 aromatic heterocycles. The van der Waals surface area contributed by atoms with Gasteiger partial charge >= 0.3 is 11.9 Å². The minimum atomic E-state index is -0.872. The molecule has 0 saturated heterocycles. The molecule has 1 aromatic rings. The molecule has 1 aromatic carbocycles. The summed E-state index contributed by atoms with van der Waals surface area (Å²) < 4.78 is 11.3. The maximum Gasteiger partial charge on any atom is 0.303 e. The SMILES string of the molecule is CC(=O)OCC(Cc1c(I)c(N(O)C(C)=O)c(I)c(N(O)C(C)=O)c1I)OC(C)=O. The van der Waals surface area contributed by atoms with E-state index >= 15 is 0 Å². The Morgan fingerprint density at radius 2 is 1.27 bits per heavy atom. The summed E-state index contributed by atoms with van der Waals surface area (Å²) in [6, 6.07) is 0. The van der Waals surface area contributed by atoms with Crippen molar-refractivity contribution in [2.45, 2.75) is 40.2 Å². The molecule has 0 spiro atoms. The second kappa shape index (κ2) is 11.7. The lowest BCUT2D eigenvalue weighted by Crippen LogP contribution is -2.32. The van der Waals surface area contributed by atoms with Crippen LogP contribution in [0, 0.1) is 10.7 Å². The molecule has 0 heterocycles. The number of benzene rings is 1. The number of ether oxygens (including phenoxy) is 2. The Morgan fingerprint density at radius 1 is 0.833 bits per heavy atom. The predicted molar refractivity (Wildman–Crippen MR) is 130 cm³/mol. The van der Waals surface area contributed by atoms with Crippen molar-refractivity contribution in [2.24, 2.45) is 0 Å². The van der Waals surface area contributed by atoms with Gasteiger partial charge in [0.05, 0.1) is 3.57 Å². The van der Waals surface area contributed by atoms with Crippen LogP contribution in [0.5, 0.6) is 0 Å². The quantitative estimate of drug-likeness (QED) is 0.188. The number of carbonyl (C=O) groups is 4. The van der Waals surface area contributed by atoms with E-state index in [1.165, 1.54) is 13.8 Å². The molecule has 0 saturated carbocycles. The standard InChI is InChI=1S/C17H19I3N2O8/c1-7(23)21(27)16-13(18)12(5-11(30-10(4)26)6-29-9(3)25)14(19)17(15(16)20)22(28)8(2)24/h11,27-28H,5-6H2,1-4H3. The van der Waals surface area contributed by atoms with Crippen LogP contribution in [-0.4, -0.2) is 46.9 Å². The minimum absolute atomic E-state index is 0.0256. The van der Waals surface area contributed by atoms with Gasteiger partial charge < -0.3 is 9.47 Å². The van der Waals surface area contributed by atoms with Gasteiger partial charge in [-0.2, -0.15) is 10.1 Å². The number of amides is 2. The van der Waals surface area contributed by atoms with Gasteiger partial charge in [0.1, 0.15) is 24.1 Å². The molecule has 1 rings (SSSR count). The predicted octanol–water partition coefficient (Wildman–Crippen LogP) is 3.02. The third-order valence-corrected chi connectivity index (χ3v) is 6.96. The normalized spacial score (nSPS) is 11.5. The van der Waals surface area contributed by atoms with E-state index < -0.39 is 29.9 Å². The van der Waals surface area contributed by atoms with Gasteiger partial charge in [-0.3, -0.25) is 29.6 Å². The van der Waals surface area contributed by atoms with Crippen molar-refractivity contribution >= 4 is 103 Å². The van der Waals surface area contributed by atoms with Gasteiger partial charge in [0, 0.05) is 41.3 Å². The van der Waals surface area contributed by atoms with E-state index in [1.54, 1.807) is 0 Å². The monoisotopic (exact) mass is 760 g/mol.